The standard InChI is InChI=1S/C12H15F3O2/c1-11(2,3)8-5-6-9(10(7-8)16-4)17-12(13,14)15/h5-7H,1-4H3. The number of halogens is 3. The molecular weight excluding hydrogens is 233 g/mol. The van der Waals surface area contributed by atoms with Gasteiger partial charge in [-0.3, -0.25) is 0 Å². The number of alkyl halides is 3. The summed E-state index contributed by atoms with van der Waals surface area (Å²) in [6.45, 7) is 5.89. The molecule has 2 nitrogen and oxygen atoms in total. The Labute approximate surface area is 98.3 Å². The first-order valence-corrected chi connectivity index (χ1v) is 5.08. The van der Waals surface area contributed by atoms with Crippen molar-refractivity contribution < 1.29 is 22.6 Å². The zero-order valence-corrected chi connectivity index (χ0v) is 10.2. The molecule has 1 rings (SSSR count). The van der Waals surface area contributed by atoms with Crippen LogP contribution < -0.4 is 9.47 Å². The van der Waals surface area contributed by atoms with Crippen molar-refractivity contribution >= 4 is 0 Å². The van der Waals surface area contributed by atoms with Crippen LogP contribution in [0.1, 0.15) is 26.3 Å². The lowest BCUT2D eigenvalue weighted by molar-refractivity contribution is -0.275. The highest BCUT2D eigenvalue weighted by Crippen LogP contribution is 2.35. The minimum absolute atomic E-state index is 0.0785. The minimum Gasteiger partial charge on any atom is -0.493 e. The number of benzene rings is 1. The van der Waals surface area contributed by atoms with Crippen LogP contribution in [0.4, 0.5) is 13.2 Å². The van der Waals surface area contributed by atoms with Crippen LogP contribution in [0.3, 0.4) is 0 Å². The van der Waals surface area contributed by atoms with Crippen LogP contribution in [0, 0.1) is 0 Å². The van der Waals surface area contributed by atoms with Gasteiger partial charge < -0.3 is 9.47 Å². The van der Waals surface area contributed by atoms with Gasteiger partial charge in [-0.05, 0) is 23.1 Å². The molecule has 0 N–H and O–H groups in total. The van der Waals surface area contributed by atoms with E-state index in [0.29, 0.717) is 0 Å². The van der Waals surface area contributed by atoms with Gasteiger partial charge in [-0.25, -0.2) is 0 Å². The molecule has 0 aromatic heterocycles. The molecule has 0 spiro atoms. The monoisotopic (exact) mass is 248 g/mol. The lowest BCUT2D eigenvalue weighted by Gasteiger charge is -2.21. The number of rotatable bonds is 2. The Morgan fingerprint density at radius 1 is 1.00 bits per heavy atom. The molecule has 0 aliphatic carbocycles. The third-order valence-electron chi connectivity index (χ3n) is 2.26. The molecule has 1 aromatic carbocycles. The summed E-state index contributed by atoms with van der Waals surface area (Å²) in [4.78, 5) is 0. The molecule has 0 saturated heterocycles. The molecule has 0 fully saturated rings. The van der Waals surface area contributed by atoms with Gasteiger partial charge in [-0.1, -0.05) is 26.8 Å². The third kappa shape index (κ3) is 3.84. The molecule has 0 aliphatic heterocycles. The van der Waals surface area contributed by atoms with E-state index in [-0.39, 0.29) is 16.9 Å². The summed E-state index contributed by atoms with van der Waals surface area (Å²) in [5, 5.41) is 0. The van der Waals surface area contributed by atoms with E-state index in [1.165, 1.54) is 13.2 Å². The second kappa shape index (κ2) is 4.47. The Morgan fingerprint density at radius 2 is 1.59 bits per heavy atom. The summed E-state index contributed by atoms with van der Waals surface area (Å²) in [6, 6.07) is 4.43. The van der Waals surface area contributed by atoms with Crippen molar-refractivity contribution in [3.63, 3.8) is 0 Å². The maximum absolute atomic E-state index is 12.1. The summed E-state index contributed by atoms with van der Waals surface area (Å²) in [5.74, 6) is -0.247. The third-order valence-corrected chi connectivity index (χ3v) is 2.26. The topological polar surface area (TPSA) is 18.5 Å². The van der Waals surface area contributed by atoms with Gasteiger partial charge in [0.05, 0.1) is 7.11 Å². The average Bonchev–Trinajstić information content (AvgIpc) is 2.14. The van der Waals surface area contributed by atoms with E-state index in [1.807, 2.05) is 20.8 Å². The Bertz CT molecular complexity index is 392. The maximum atomic E-state index is 12.1. The molecular formula is C12H15F3O2. The zero-order valence-electron chi connectivity index (χ0n) is 10.2. The molecule has 0 amide bonds. The Hall–Kier alpha value is -1.39. The molecule has 0 aliphatic rings. The van der Waals surface area contributed by atoms with Crippen molar-refractivity contribution in [2.45, 2.75) is 32.5 Å². The van der Waals surface area contributed by atoms with Crippen LogP contribution in [0.5, 0.6) is 11.5 Å². The van der Waals surface area contributed by atoms with Crippen molar-refractivity contribution in [2.24, 2.45) is 0 Å². The van der Waals surface area contributed by atoms with Gasteiger partial charge in [0.1, 0.15) is 0 Å². The van der Waals surface area contributed by atoms with Crippen LogP contribution in [-0.4, -0.2) is 13.5 Å². The van der Waals surface area contributed by atoms with Gasteiger partial charge in [-0.15, -0.1) is 13.2 Å². The van der Waals surface area contributed by atoms with Gasteiger partial charge in [0.25, 0.3) is 0 Å². The van der Waals surface area contributed by atoms with Crippen LogP contribution in [0.2, 0.25) is 0 Å². The van der Waals surface area contributed by atoms with Crippen LogP contribution >= 0.6 is 0 Å². The molecule has 0 unspecified atom stereocenters. The second-order valence-corrected chi connectivity index (χ2v) is 4.66. The van der Waals surface area contributed by atoms with E-state index in [1.54, 1.807) is 12.1 Å². The lowest BCUT2D eigenvalue weighted by Crippen LogP contribution is -2.18. The van der Waals surface area contributed by atoms with E-state index >= 15 is 0 Å². The Kier molecular flexibility index (Phi) is 3.59. The van der Waals surface area contributed by atoms with E-state index in [2.05, 4.69) is 4.74 Å². The molecule has 0 saturated carbocycles. The summed E-state index contributed by atoms with van der Waals surface area (Å²) < 4.78 is 45.1. The first-order valence-electron chi connectivity index (χ1n) is 5.08. The van der Waals surface area contributed by atoms with Gasteiger partial charge in [0, 0.05) is 0 Å². The van der Waals surface area contributed by atoms with Crippen molar-refractivity contribution in [3.8, 4) is 11.5 Å². The molecule has 0 radical (unpaired) electrons. The quantitative estimate of drug-likeness (QED) is 0.790. The summed E-state index contributed by atoms with van der Waals surface area (Å²) in [5.41, 5.74) is 0.716. The molecule has 0 atom stereocenters. The first kappa shape index (κ1) is 13.7. The number of hydrogen-bond acceptors (Lipinski definition) is 2. The van der Waals surface area contributed by atoms with Crippen molar-refractivity contribution in [3.05, 3.63) is 23.8 Å². The first-order chi connectivity index (χ1) is 7.63. The highest BCUT2D eigenvalue weighted by molar-refractivity contribution is 5.44. The highest BCUT2D eigenvalue weighted by atomic mass is 19.4. The van der Waals surface area contributed by atoms with Crippen molar-refractivity contribution in [1.82, 2.24) is 0 Å². The summed E-state index contributed by atoms with van der Waals surface area (Å²) in [6.07, 6.45) is -4.71. The molecule has 1 aromatic rings. The fraction of sp³-hybridized carbons (Fsp3) is 0.500. The number of methoxy groups -OCH3 is 1. The van der Waals surface area contributed by atoms with E-state index in [4.69, 9.17) is 4.74 Å². The molecule has 96 valence electrons. The fourth-order valence-corrected chi connectivity index (χ4v) is 1.34. The molecule has 17 heavy (non-hydrogen) atoms. The van der Waals surface area contributed by atoms with E-state index in [0.717, 1.165) is 5.56 Å². The minimum atomic E-state index is -4.71. The van der Waals surface area contributed by atoms with Gasteiger partial charge >= 0.3 is 6.36 Å². The normalized spacial score (nSPS) is 12.4. The van der Waals surface area contributed by atoms with Crippen LogP contribution in [0.15, 0.2) is 18.2 Å². The summed E-state index contributed by atoms with van der Waals surface area (Å²) in [7, 11) is 1.31. The predicted octanol–water partition coefficient (Wildman–Crippen LogP) is 3.89. The Balaban J connectivity index is 3.10. The van der Waals surface area contributed by atoms with Gasteiger partial charge in [0.2, 0.25) is 0 Å². The van der Waals surface area contributed by atoms with Gasteiger partial charge in [0.15, 0.2) is 11.5 Å². The molecule has 0 bridgehead atoms. The van der Waals surface area contributed by atoms with Crippen LogP contribution in [0.25, 0.3) is 0 Å². The SMILES string of the molecule is COc1cc(C(C)(C)C)ccc1OC(F)(F)F. The van der Waals surface area contributed by atoms with E-state index < -0.39 is 6.36 Å². The largest absolute Gasteiger partial charge is 0.573 e. The average molecular weight is 248 g/mol. The lowest BCUT2D eigenvalue weighted by atomic mass is 9.87. The highest BCUT2D eigenvalue weighted by Gasteiger charge is 2.32. The zero-order chi connectivity index (χ0) is 13.3. The van der Waals surface area contributed by atoms with Crippen molar-refractivity contribution in [2.75, 3.05) is 7.11 Å². The van der Waals surface area contributed by atoms with Crippen LogP contribution in [-0.2, 0) is 5.41 Å². The maximum Gasteiger partial charge on any atom is 0.573 e. The number of ether oxygens (including phenoxy) is 2. The Morgan fingerprint density at radius 3 is 2.00 bits per heavy atom. The van der Waals surface area contributed by atoms with E-state index in [9.17, 15) is 13.2 Å². The van der Waals surface area contributed by atoms with Crippen molar-refractivity contribution in [1.29, 1.82) is 0 Å². The predicted molar refractivity (Wildman–Crippen MR) is 58.4 cm³/mol. The fourth-order valence-electron chi connectivity index (χ4n) is 1.34. The summed E-state index contributed by atoms with van der Waals surface area (Å²) >= 11 is 0. The smallest absolute Gasteiger partial charge is 0.493 e. The number of hydrogen-bond donors (Lipinski definition) is 0. The molecule has 0 heterocycles. The molecule has 5 heteroatoms. The van der Waals surface area contributed by atoms with Gasteiger partial charge in [-0.2, -0.15) is 0 Å². The second-order valence-electron chi connectivity index (χ2n) is 4.66.